The Labute approximate surface area is 127 Å². The van der Waals surface area contributed by atoms with Gasteiger partial charge in [0.2, 0.25) is 0 Å². The molecule has 5 nitrogen and oxygen atoms in total. The first kappa shape index (κ1) is 15.1. The molecule has 0 aliphatic heterocycles. The van der Waals surface area contributed by atoms with Crippen molar-refractivity contribution < 1.29 is 4.39 Å². The summed E-state index contributed by atoms with van der Waals surface area (Å²) in [5, 5.41) is 11.7. The van der Waals surface area contributed by atoms with Crippen molar-refractivity contribution in [1.82, 2.24) is 20.5 Å². The number of halogens is 1. The summed E-state index contributed by atoms with van der Waals surface area (Å²) in [5.74, 6) is -0.271. The maximum absolute atomic E-state index is 13.0. The van der Waals surface area contributed by atoms with E-state index >= 15 is 0 Å². The number of aromatic nitrogens is 2. The summed E-state index contributed by atoms with van der Waals surface area (Å²) in [4.78, 5) is 0. The number of nitrogens with zero attached hydrogens (tertiary/aromatic N) is 3. The molecule has 0 saturated carbocycles. The minimum atomic E-state index is -0.271. The van der Waals surface area contributed by atoms with Crippen molar-refractivity contribution in [3.8, 4) is 5.69 Å². The molecule has 0 atom stereocenters. The van der Waals surface area contributed by atoms with Crippen molar-refractivity contribution in [1.29, 1.82) is 0 Å². The number of nitrogens with one attached hydrogen (secondary N) is 2. The first-order chi connectivity index (χ1) is 10.0. The molecule has 1 heterocycles. The Balaban J connectivity index is 2.29. The molecule has 2 N–H and O–H groups in total. The number of rotatable bonds is 3. The topological polar surface area (TPSA) is 54.2 Å². The van der Waals surface area contributed by atoms with Crippen LogP contribution in [0.4, 0.5) is 4.39 Å². The quantitative estimate of drug-likeness (QED) is 0.518. The van der Waals surface area contributed by atoms with Gasteiger partial charge in [-0.15, -0.1) is 0 Å². The van der Waals surface area contributed by atoms with E-state index in [-0.39, 0.29) is 5.82 Å². The van der Waals surface area contributed by atoms with E-state index in [1.165, 1.54) is 12.1 Å². The second kappa shape index (κ2) is 6.45. The molecule has 0 unspecified atom stereocenters. The highest BCUT2D eigenvalue weighted by atomic mass is 32.1. The first-order valence-electron chi connectivity index (χ1n) is 6.36. The number of hydrazone groups is 1. The van der Waals surface area contributed by atoms with E-state index in [2.05, 4.69) is 20.9 Å². The number of thiocarbonyl (C=S) groups is 1. The zero-order valence-corrected chi connectivity index (χ0v) is 12.8. The van der Waals surface area contributed by atoms with Crippen LogP contribution in [0.15, 0.2) is 29.4 Å². The standard InChI is InChI=1S/C14H16FN5S/c1-9-13(8-17-18-14(21)16-3)10(2)20(19-9)12-6-4-11(15)5-7-12/h4-8H,1-3H3,(H2,16,18,21)/b17-8-. The largest absolute Gasteiger partial charge is 0.364 e. The molecule has 0 radical (unpaired) electrons. The van der Waals surface area contributed by atoms with Crippen LogP contribution in [0.3, 0.4) is 0 Å². The highest BCUT2D eigenvalue weighted by Crippen LogP contribution is 2.16. The predicted octanol–water partition coefficient (Wildman–Crippen LogP) is 2.06. The molecule has 2 aromatic rings. The molecule has 0 amide bonds. The molecule has 0 aliphatic rings. The second-order valence-electron chi connectivity index (χ2n) is 4.42. The highest BCUT2D eigenvalue weighted by molar-refractivity contribution is 7.80. The fourth-order valence-corrected chi connectivity index (χ4v) is 1.94. The third kappa shape index (κ3) is 3.43. The van der Waals surface area contributed by atoms with Gasteiger partial charge in [-0.25, -0.2) is 9.07 Å². The van der Waals surface area contributed by atoms with Crippen LogP contribution >= 0.6 is 12.2 Å². The molecule has 0 saturated heterocycles. The van der Waals surface area contributed by atoms with Crippen LogP contribution in [-0.2, 0) is 0 Å². The lowest BCUT2D eigenvalue weighted by Gasteiger charge is -2.04. The van der Waals surface area contributed by atoms with Crippen LogP contribution in [0.2, 0.25) is 0 Å². The third-order valence-electron chi connectivity index (χ3n) is 3.01. The SMILES string of the molecule is CNC(=S)N/N=C\c1c(C)nn(-c2ccc(F)cc2)c1C. The smallest absolute Gasteiger partial charge is 0.186 e. The van der Waals surface area contributed by atoms with Gasteiger partial charge in [-0.3, -0.25) is 5.43 Å². The Morgan fingerprint density at radius 2 is 2.00 bits per heavy atom. The third-order valence-corrected chi connectivity index (χ3v) is 3.30. The molecule has 0 aliphatic carbocycles. The lowest BCUT2D eigenvalue weighted by atomic mass is 10.2. The zero-order chi connectivity index (χ0) is 15.4. The second-order valence-corrected chi connectivity index (χ2v) is 4.83. The molecule has 110 valence electrons. The number of hydrogen-bond acceptors (Lipinski definition) is 3. The minimum Gasteiger partial charge on any atom is -0.364 e. The van der Waals surface area contributed by atoms with E-state index in [0.29, 0.717) is 5.11 Å². The predicted molar refractivity (Wildman–Crippen MR) is 85.4 cm³/mol. The van der Waals surface area contributed by atoms with Gasteiger partial charge in [0.05, 0.1) is 23.3 Å². The Hall–Kier alpha value is -2.28. The van der Waals surface area contributed by atoms with E-state index < -0.39 is 0 Å². The van der Waals surface area contributed by atoms with Gasteiger partial charge in [-0.2, -0.15) is 10.2 Å². The van der Waals surface area contributed by atoms with Crippen LogP contribution in [0.1, 0.15) is 17.0 Å². The monoisotopic (exact) mass is 305 g/mol. The van der Waals surface area contributed by atoms with Crippen LogP contribution in [-0.4, -0.2) is 28.2 Å². The maximum Gasteiger partial charge on any atom is 0.186 e. The van der Waals surface area contributed by atoms with Crippen molar-refractivity contribution >= 4 is 23.5 Å². The van der Waals surface area contributed by atoms with Crippen molar-refractivity contribution in [2.24, 2.45) is 5.10 Å². The van der Waals surface area contributed by atoms with Gasteiger partial charge in [0.15, 0.2) is 5.11 Å². The minimum absolute atomic E-state index is 0.271. The first-order valence-corrected chi connectivity index (χ1v) is 6.76. The summed E-state index contributed by atoms with van der Waals surface area (Å²) in [5.41, 5.74) is 6.14. The lowest BCUT2D eigenvalue weighted by molar-refractivity contribution is 0.627. The molecule has 21 heavy (non-hydrogen) atoms. The average Bonchev–Trinajstić information content (AvgIpc) is 2.75. The number of hydrogen-bond donors (Lipinski definition) is 2. The molecule has 2 rings (SSSR count). The Bertz CT molecular complexity index is 675. The maximum atomic E-state index is 13.0. The molecule has 1 aromatic carbocycles. The average molecular weight is 305 g/mol. The van der Waals surface area contributed by atoms with Gasteiger partial charge in [0.25, 0.3) is 0 Å². The van der Waals surface area contributed by atoms with E-state index in [1.54, 1.807) is 30.1 Å². The molecule has 0 fully saturated rings. The molecular formula is C14H16FN5S. The summed E-state index contributed by atoms with van der Waals surface area (Å²) in [6.45, 7) is 3.83. The van der Waals surface area contributed by atoms with Crippen molar-refractivity contribution in [3.63, 3.8) is 0 Å². The summed E-state index contributed by atoms with van der Waals surface area (Å²) in [6.07, 6.45) is 1.67. The van der Waals surface area contributed by atoms with E-state index in [0.717, 1.165) is 22.6 Å². The van der Waals surface area contributed by atoms with Crippen molar-refractivity contribution in [2.75, 3.05) is 7.05 Å². The van der Waals surface area contributed by atoms with Gasteiger partial charge in [0.1, 0.15) is 5.82 Å². The van der Waals surface area contributed by atoms with Crippen molar-refractivity contribution in [2.45, 2.75) is 13.8 Å². The van der Waals surface area contributed by atoms with Crippen LogP contribution in [0, 0.1) is 19.7 Å². The van der Waals surface area contributed by atoms with Gasteiger partial charge >= 0.3 is 0 Å². The molecular weight excluding hydrogens is 289 g/mol. The summed E-state index contributed by atoms with van der Waals surface area (Å²) < 4.78 is 14.7. The van der Waals surface area contributed by atoms with Gasteiger partial charge in [-0.05, 0) is 50.3 Å². The van der Waals surface area contributed by atoms with Crippen molar-refractivity contribution in [3.05, 3.63) is 47.0 Å². The molecule has 1 aromatic heterocycles. The molecule has 0 spiro atoms. The van der Waals surface area contributed by atoms with Crippen LogP contribution < -0.4 is 10.7 Å². The van der Waals surface area contributed by atoms with Gasteiger partial charge < -0.3 is 5.32 Å². The summed E-state index contributed by atoms with van der Waals surface area (Å²) in [7, 11) is 1.72. The van der Waals surface area contributed by atoms with Gasteiger partial charge in [-0.1, -0.05) is 0 Å². The Morgan fingerprint density at radius 3 is 2.62 bits per heavy atom. The number of benzene rings is 1. The summed E-state index contributed by atoms with van der Waals surface area (Å²) in [6, 6.07) is 6.19. The summed E-state index contributed by atoms with van der Waals surface area (Å²) >= 11 is 4.94. The Kier molecular flexibility index (Phi) is 4.64. The number of aryl methyl sites for hydroxylation is 1. The normalized spacial score (nSPS) is 10.9. The lowest BCUT2D eigenvalue weighted by Crippen LogP contribution is -2.28. The fraction of sp³-hybridized carbons (Fsp3) is 0.214. The van der Waals surface area contributed by atoms with Crippen LogP contribution in [0.25, 0.3) is 5.69 Å². The van der Waals surface area contributed by atoms with Gasteiger partial charge in [0, 0.05) is 12.6 Å². The molecule has 0 bridgehead atoms. The van der Waals surface area contributed by atoms with E-state index in [1.807, 2.05) is 13.8 Å². The Morgan fingerprint density at radius 1 is 1.33 bits per heavy atom. The fourth-order valence-electron chi connectivity index (χ4n) is 1.89. The molecule has 7 heteroatoms. The highest BCUT2D eigenvalue weighted by Gasteiger charge is 2.11. The van der Waals surface area contributed by atoms with E-state index in [9.17, 15) is 4.39 Å². The van der Waals surface area contributed by atoms with E-state index in [4.69, 9.17) is 12.2 Å². The van der Waals surface area contributed by atoms with Crippen LogP contribution in [0.5, 0.6) is 0 Å². The zero-order valence-electron chi connectivity index (χ0n) is 12.0.